The van der Waals surface area contributed by atoms with E-state index < -0.39 is 11.8 Å². The Bertz CT molecular complexity index is 327. The number of nitrogens with one attached hydrogen (secondary N) is 2. The molecule has 6 nitrogen and oxygen atoms in total. The predicted molar refractivity (Wildman–Crippen MR) is 66.4 cm³/mol. The first-order chi connectivity index (χ1) is 7.93. The number of ether oxygens (including phenoxy) is 1. The molecule has 0 radical (unpaired) electrons. The van der Waals surface area contributed by atoms with Crippen molar-refractivity contribution < 1.29 is 14.3 Å². The molecule has 0 atom stereocenters. The van der Waals surface area contributed by atoms with Gasteiger partial charge >= 0.3 is 11.8 Å². The van der Waals surface area contributed by atoms with E-state index in [-0.39, 0.29) is 17.1 Å². The summed E-state index contributed by atoms with van der Waals surface area (Å²) in [6.07, 6.45) is 1.39. The molecule has 0 unspecified atom stereocenters. The summed E-state index contributed by atoms with van der Waals surface area (Å²) in [7, 11) is 0. The first kappa shape index (κ1) is 13.9. The topological polar surface area (TPSA) is 93.5 Å². The molecule has 0 aromatic carbocycles. The molecule has 0 aromatic rings. The highest BCUT2D eigenvalue weighted by Crippen LogP contribution is 2.19. The van der Waals surface area contributed by atoms with Crippen LogP contribution < -0.4 is 16.4 Å². The van der Waals surface area contributed by atoms with Gasteiger partial charge in [0.1, 0.15) is 0 Å². The Kier molecular flexibility index (Phi) is 4.83. The molecule has 1 aliphatic heterocycles. The molecule has 1 rings (SSSR count). The first-order valence-corrected chi connectivity index (χ1v) is 5.80. The highest BCUT2D eigenvalue weighted by Gasteiger charge is 2.30. The van der Waals surface area contributed by atoms with Gasteiger partial charge in [0.05, 0.1) is 11.5 Å². The Morgan fingerprint density at radius 2 is 1.94 bits per heavy atom. The number of carbonyl (C=O) groups is 2. The lowest BCUT2D eigenvalue weighted by Crippen LogP contribution is -2.54. The van der Waals surface area contributed by atoms with E-state index in [9.17, 15) is 9.59 Å². The normalized spacial score (nSPS) is 18.2. The van der Waals surface area contributed by atoms with Crippen LogP contribution in [0.25, 0.3) is 0 Å². The average molecular weight is 259 g/mol. The van der Waals surface area contributed by atoms with Gasteiger partial charge in [-0.25, -0.2) is 0 Å². The minimum absolute atomic E-state index is 0.0292. The third-order valence-corrected chi connectivity index (χ3v) is 2.79. The van der Waals surface area contributed by atoms with Crippen LogP contribution in [0.15, 0.2) is 0 Å². The van der Waals surface area contributed by atoms with Gasteiger partial charge in [-0.1, -0.05) is 12.2 Å². The van der Waals surface area contributed by atoms with Crippen LogP contribution >= 0.6 is 12.2 Å². The molecule has 1 heterocycles. The molecule has 0 aliphatic carbocycles. The molecule has 7 heteroatoms. The van der Waals surface area contributed by atoms with E-state index in [1.54, 1.807) is 0 Å². The lowest BCUT2D eigenvalue weighted by atomic mass is 9.92. The Labute approximate surface area is 105 Å². The number of nitrogens with two attached hydrogens (primary N) is 1. The third kappa shape index (κ3) is 4.66. The van der Waals surface area contributed by atoms with Crippen LogP contribution in [-0.4, -0.2) is 42.1 Å². The minimum atomic E-state index is -0.717. The molecule has 1 aliphatic rings. The van der Waals surface area contributed by atoms with Crippen molar-refractivity contribution in [2.75, 3.05) is 19.8 Å². The Morgan fingerprint density at radius 1 is 1.35 bits per heavy atom. The van der Waals surface area contributed by atoms with E-state index in [2.05, 4.69) is 22.9 Å². The Hall–Kier alpha value is -1.21. The van der Waals surface area contributed by atoms with Crippen molar-refractivity contribution in [3.8, 4) is 0 Å². The molecule has 0 saturated carbocycles. The molecule has 1 fully saturated rings. The highest BCUT2D eigenvalue weighted by atomic mass is 32.1. The monoisotopic (exact) mass is 259 g/mol. The van der Waals surface area contributed by atoms with E-state index >= 15 is 0 Å². The van der Waals surface area contributed by atoms with Gasteiger partial charge in [-0.2, -0.15) is 0 Å². The SMILES string of the molecule is CC1(NC(=O)C(=O)NCC(N)=S)CCOCC1. The molecule has 2 amide bonds. The maximum Gasteiger partial charge on any atom is 0.309 e. The third-order valence-electron chi connectivity index (χ3n) is 2.64. The second-order valence-corrected chi connectivity index (χ2v) is 4.80. The second kappa shape index (κ2) is 5.92. The summed E-state index contributed by atoms with van der Waals surface area (Å²) in [6, 6.07) is 0. The molecule has 0 spiro atoms. The summed E-state index contributed by atoms with van der Waals surface area (Å²) in [5, 5.41) is 5.04. The van der Waals surface area contributed by atoms with E-state index in [4.69, 9.17) is 10.5 Å². The summed E-state index contributed by atoms with van der Waals surface area (Å²) < 4.78 is 5.20. The number of hydrogen-bond acceptors (Lipinski definition) is 4. The fraction of sp³-hybridized carbons (Fsp3) is 0.700. The standard InChI is InChI=1S/C10H17N3O3S/c1-10(2-4-16-5-3-10)13-9(15)8(14)12-6-7(11)17/h2-6H2,1H3,(H2,11,17)(H,12,14)(H,13,15). The number of hydrogen-bond donors (Lipinski definition) is 3. The van der Waals surface area contributed by atoms with Crippen LogP contribution in [0.2, 0.25) is 0 Å². The number of rotatable bonds is 3. The first-order valence-electron chi connectivity index (χ1n) is 5.39. The summed E-state index contributed by atoms with van der Waals surface area (Å²) in [5.41, 5.74) is 4.84. The molecule has 17 heavy (non-hydrogen) atoms. The van der Waals surface area contributed by atoms with Crippen LogP contribution in [-0.2, 0) is 14.3 Å². The van der Waals surface area contributed by atoms with Crippen LogP contribution in [0, 0.1) is 0 Å². The molecule has 96 valence electrons. The number of amides is 2. The molecular weight excluding hydrogens is 242 g/mol. The molecular formula is C10H17N3O3S. The van der Waals surface area contributed by atoms with Crippen molar-refractivity contribution in [3.05, 3.63) is 0 Å². The Balaban J connectivity index is 2.42. The molecule has 1 saturated heterocycles. The van der Waals surface area contributed by atoms with Gasteiger partial charge in [0.25, 0.3) is 0 Å². The van der Waals surface area contributed by atoms with E-state index in [0.29, 0.717) is 26.1 Å². The van der Waals surface area contributed by atoms with E-state index in [1.807, 2.05) is 6.92 Å². The fourth-order valence-electron chi connectivity index (χ4n) is 1.53. The zero-order valence-corrected chi connectivity index (χ0v) is 10.6. The van der Waals surface area contributed by atoms with Gasteiger partial charge in [-0.15, -0.1) is 0 Å². The van der Waals surface area contributed by atoms with Gasteiger partial charge in [0.2, 0.25) is 0 Å². The van der Waals surface area contributed by atoms with E-state index in [0.717, 1.165) is 0 Å². The average Bonchev–Trinajstić information content (AvgIpc) is 2.26. The van der Waals surface area contributed by atoms with Crippen molar-refractivity contribution in [1.29, 1.82) is 0 Å². The maximum atomic E-state index is 11.6. The van der Waals surface area contributed by atoms with Crippen LogP contribution in [0.1, 0.15) is 19.8 Å². The van der Waals surface area contributed by atoms with E-state index in [1.165, 1.54) is 0 Å². The van der Waals surface area contributed by atoms with Crippen molar-refractivity contribution in [3.63, 3.8) is 0 Å². The van der Waals surface area contributed by atoms with Crippen LogP contribution in [0.4, 0.5) is 0 Å². The predicted octanol–water partition coefficient (Wildman–Crippen LogP) is -0.926. The summed E-state index contributed by atoms with van der Waals surface area (Å²) in [6.45, 7) is 3.10. The van der Waals surface area contributed by atoms with Crippen molar-refractivity contribution in [2.24, 2.45) is 5.73 Å². The lowest BCUT2D eigenvalue weighted by molar-refractivity contribution is -0.140. The zero-order valence-electron chi connectivity index (χ0n) is 9.75. The summed E-state index contributed by atoms with van der Waals surface area (Å²) in [5.74, 6) is -1.38. The van der Waals surface area contributed by atoms with Gasteiger partial charge < -0.3 is 21.1 Å². The van der Waals surface area contributed by atoms with Gasteiger partial charge in [0.15, 0.2) is 0 Å². The minimum Gasteiger partial charge on any atom is -0.392 e. The van der Waals surface area contributed by atoms with Gasteiger partial charge in [0, 0.05) is 18.8 Å². The van der Waals surface area contributed by atoms with Gasteiger partial charge in [-0.05, 0) is 19.8 Å². The van der Waals surface area contributed by atoms with Crippen LogP contribution in [0.5, 0.6) is 0 Å². The Morgan fingerprint density at radius 3 is 2.47 bits per heavy atom. The molecule has 4 N–H and O–H groups in total. The van der Waals surface area contributed by atoms with Crippen LogP contribution in [0.3, 0.4) is 0 Å². The lowest BCUT2D eigenvalue weighted by Gasteiger charge is -2.34. The summed E-state index contributed by atoms with van der Waals surface area (Å²) >= 11 is 4.60. The van der Waals surface area contributed by atoms with Crippen molar-refractivity contribution >= 4 is 29.0 Å². The maximum absolute atomic E-state index is 11.6. The molecule has 0 bridgehead atoms. The second-order valence-electron chi connectivity index (χ2n) is 4.28. The fourth-order valence-corrected chi connectivity index (χ4v) is 1.60. The van der Waals surface area contributed by atoms with Crippen molar-refractivity contribution in [1.82, 2.24) is 10.6 Å². The highest BCUT2D eigenvalue weighted by molar-refractivity contribution is 7.80. The smallest absolute Gasteiger partial charge is 0.309 e. The number of carbonyl (C=O) groups excluding carboxylic acids is 2. The largest absolute Gasteiger partial charge is 0.392 e. The number of thiocarbonyl (C=S) groups is 1. The quantitative estimate of drug-likeness (QED) is 0.450. The summed E-state index contributed by atoms with van der Waals surface area (Å²) in [4.78, 5) is 23.1. The zero-order chi connectivity index (χ0) is 12.9. The van der Waals surface area contributed by atoms with Crippen molar-refractivity contribution in [2.45, 2.75) is 25.3 Å². The van der Waals surface area contributed by atoms with Gasteiger partial charge in [-0.3, -0.25) is 9.59 Å². The molecule has 0 aromatic heterocycles.